The highest BCUT2D eigenvalue weighted by atomic mass is 32.2. The molecule has 0 aliphatic rings. The van der Waals surface area contributed by atoms with Gasteiger partial charge in [0.1, 0.15) is 0 Å². The monoisotopic (exact) mass is 378 g/mol. The van der Waals surface area contributed by atoms with Crippen LogP contribution in [0.5, 0.6) is 0 Å². The Morgan fingerprint density at radius 1 is 1.04 bits per heavy atom. The van der Waals surface area contributed by atoms with Gasteiger partial charge in [-0.15, -0.1) is 0 Å². The molecule has 0 unspecified atom stereocenters. The highest BCUT2D eigenvalue weighted by Crippen LogP contribution is 2.27. The molecule has 0 aliphatic carbocycles. The molecule has 0 saturated heterocycles. The van der Waals surface area contributed by atoms with E-state index in [9.17, 15) is 8.42 Å². The number of hydrogen-bond acceptors (Lipinski definition) is 4. The summed E-state index contributed by atoms with van der Waals surface area (Å²) in [6, 6.07) is 3.52. The zero-order chi connectivity index (χ0) is 18.8. The number of hydrogen-bond donors (Lipinski definition) is 0. The molecule has 0 bridgehead atoms. The summed E-state index contributed by atoms with van der Waals surface area (Å²) in [5.41, 5.74) is 0. The minimum Gasteiger partial charge on any atom is -0.413 e. The van der Waals surface area contributed by atoms with Gasteiger partial charge in [-0.25, -0.2) is 0 Å². The zero-order valence-electron chi connectivity index (χ0n) is 16.7. The van der Waals surface area contributed by atoms with Gasteiger partial charge in [0.05, 0.1) is 19.0 Å². The standard InChI is InChI=1S/C18H38O4SSi/c1-8-18(22-24(9-2,10-3)11-4)17(6)14-12-13-16(5)15-21-23(7,19)20/h12,14,16-18H,8-11,13,15H2,1-7H3/b14-12+/t16-,17-,18-/m0/s1. The van der Waals surface area contributed by atoms with Gasteiger partial charge in [0, 0.05) is 0 Å². The molecule has 0 saturated carbocycles. The lowest BCUT2D eigenvalue weighted by Crippen LogP contribution is -2.41. The van der Waals surface area contributed by atoms with Crippen molar-refractivity contribution in [3.63, 3.8) is 0 Å². The largest absolute Gasteiger partial charge is 0.413 e. The third-order valence-electron chi connectivity index (χ3n) is 4.87. The van der Waals surface area contributed by atoms with Crippen molar-refractivity contribution in [3.8, 4) is 0 Å². The summed E-state index contributed by atoms with van der Waals surface area (Å²) in [7, 11) is -4.93. The maximum absolute atomic E-state index is 11.0. The normalized spacial score (nSPS) is 17.1. The molecule has 4 nitrogen and oxygen atoms in total. The molecule has 0 fully saturated rings. The van der Waals surface area contributed by atoms with Crippen LogP contribution in [-0.4, -0.2) is 35.7 Å². The summed E-state index contributed by atoms with van der Waals surface area (Å²) in [4.78, 5) is 0. The number of allylic oxidation sites excluding steroid dienone is 1. The molecule has 0 aromatic carbocycles. The number of rotatable bonds is 13. The van der Waals surface area contributed by atoms with Gasteiger partial charge in [0.2, 0.25) is 0 Å². The fourth-order valence-electron chi connectivity index (χ4n) is 2.84. The lowest BCUT2D eigenvalue weighted by molar-refractivity contribution is 0.146. The van der Waals surface area contributed by atoms with Gasteiger partial charge in [-0.05, 0) is 42.8 Å². The Bertz CT molecular complexity index is 449. The maximum Gasteiger partial charge on any atom is 0.264 e. The molecule has 6 heteroatoms. The molecule has 0 rings (SSSR count). The maximum atomic E-state index is 11.0. The van der Waals surface area contributed by atoms with E-state index in [0.29, 0.717) is 5.92 Å². The minimum atomic E-state index is -3.35. The van der Waals surface area contributed by atoms with Gasteiger partial charge in [-0.3, -0.25) is 4.18 Å². The van der Waals surface area contributed by atoms with Crippen molar-refractivity contribution in [1.82, 2.24) is 0 Å². The van der Waals surface area contributed by atoms with Gasteiger partial charge in [0.25, 0.3) is 10.1 Å². The fraction of sp³-hybridized carbons (Fsp3) is 0.889. The van der Waals surface area contributed by atoms with Crippen LogP contribution in [0.3, 0.4) is 0 Å². The predicted molar refractivity (Wildman–Crippen MR) is 105 cm³/mol. The van der Waals surface area contributed by atoms with Crippen LogP contribution < -0.4 is 0 Å². The van der Waals surface area contributed by atoms with Crippen molar-refractivity contribution in [3.05, 3.63) is 12.2 Å². The first kappa shape index (κ1) is 23.8. The molecule has 0 aromatic heterocycles. The summed E-state index contributed by atoms with van der Waals surface area (Å²) in [5, 5.41) is 0. The Hall–Kier alpha value is -0.173. The molecule has 0 aliphatic heterocycles. The van der Waals surface area contributed by atoms with Gasteiger partial charge in [-0.1, -0.05) is 53.7 Å². The third-order valence-corrected chi connectivity index (χ3v) is 10.1. The van der Waals surface area contributed by atoms with E-state index in [0.717, 1.165) is 19.1 Å². The van der Waals surface area contributed by atoms with Crippen molar-refractivity contribution >= 4 is 18.4 Å². The summed E-state index contributed by atoms with van der Waals surface area (Å²) in [5.74, 6) is 0.550. The Balaban J connectivity index is 4.56. The van der Waals surface area contributed by atoms with Crippen LogP contribution in [0.4, 0.5) is 0 Å². The summed E-state index contributed by atoms with van der Waals surface area (Å²) in [6.45, 7) is 13.4. The second kappa shape index (κ2) is 11.4. The van der Waals surface area contributed by atoms with Crippen LogP contribution >= 0.6 is 0 Å². The SMILES string of the molecule is CC[C@H](O[Si](CC)(CC)CC)[C@@H](C)/C=C/C[C@H](C)COS(C)(=O)=O. The van der Waals surface area contributed by atoms with Crippen molar-refractivity contribution in [1.29, 1.82) is 0 Å². The van der Waals surface area contributed by atoms with Crippen LogP contribution in [0.1, 0.15) is 54.4 Å². The van der Waals surface area contributed by atoms with Crippen LogP contribution in [-0.2, 0) is 18.7 Å². The van der Waals surface area contributed by atoms with E-state index in [-0.39, 0.29) is 18.6 Å². The zero-order valence-corrected chi connectivity index (χ0v) is 18.5. The van der Waals surface area contributed by atoms with Gasteiger partial charge in [-0.2, -0.15) is 8.42 Å². The summed E-state index contributed by atoms with van der Waals surface area (Å²) in [6.07, 6.45) is 7.55. The molecule has 0 spiro atoms. The first-order valence-electron chi connectivity index (χ1n) is 9.31. The van der Waals surface area contributed by atoms with Crippen molar-refractivity contribution in [2.24, 2.45) is 11.8 Å². The first-order valence-corrected chi connectivity index (χ1v) is 13.7. The smallest absolute Gasteiger partial charge is 0.264 e. The molecular formula is C18H38O4SSi. The summed E-state index contributed by atoms with van der Waals surface area (Å²) >= 11 is 0. The quantitative estimate of drug-likeness (QED) is 0.258. The van der Waals surface area contributed by atoms with Gasteiger partial charge in [0.15, 0.2) is 8.32 Å². The van der Waals surface area contributed by atoms with Gasteiger partial charge >= 0.3 is 0 Å². The lowest BCUT2D eigenvalue weighted by atomic mass is 10.0. The Morgan fingerprint density at radius 2 is 1.58 bits per heavy atom. The van der Waals surface area contributed by atoms with E-state index in [1.54, 1.807) is 0 Å². The van der Waals surface area contributed by atoms with E-state index in [4.69, 9.17) is 8.61 Å². The van der Waals surface area contributed by atoms with Crippen LogP contribution in [0.2, 0.25) is 18.1 Å². The van der Waals surface area contributed by atoms with Crippen LogP contribution in [0, 0.1) is 11.8 Å². The Morgan fingerprint density at radius 3 is 2.00 bits per heavy atom. The van der Waals surface area contributed by atoms with E-state index in [1.807, 2.05) is 6.92 Å². The highest BCUT2D eigenvalue weighted by molar-refractivity contribution is 7.85. The van der Waals surface area contributed by atoms with E-state index < -0.39 is 18.4 Å². The topological polar surface area (TPSA) is 52.6 Å². The Kier molecular flexibility index (Phi) is 11.4. The van der Waals surface area contributed by atoms with Crippen molar-refractivity contribution in [2.75, 3.05) is 12.9 Å². The first-order chi connectivity index (χ1) is 11.1. The van der Waals surface area contributed by atoms with E-state index in [2.05, 4.69) is 46.8 Å². The molecule has 0 amide bonds. The minimum absolute atomic E-state index is 0.180. The lowest BCUT2D eigenvalue weighted by Gasteiger charge is -2.35. The van der Waals surface area contributed by atoms with Crippen LogP contribution in [0.15, 0.2) is 12.2 Å². The summed E-state index contributed by atoms with van der Waals surface area (Å²) < 4.78 is 33.5. The van der Waals surface area contributed by atoms with E-state index in [1.165, 1.54) is 18.1 Å². The highest BCUT2D eigenvalue weighted by Gasteiger charge is 2.32. The third kappa shape index (κ3) is 9.35. The molecule has 0 aromatic rings. The van der Waals surface area contributed by atoms with Crippen molar-refractivity contribution < 1.29 is 17.0 Å². The fourth-order valence-corrected chi connectivity index (χ4v) is 6.34. The van der Waals surface area contributed by atoms with Gasteiger partial charge < -0.3 is 4.43 Å². The Labute approximate surface area is 151 Å². The molecule has 0 N–H and O–H groups in total. The molecule has 0 heterocycles. The molecular weight excluding hydrogens is 340 g/mol. The second-order valence-electron chi connectivity index (χ2n) is 6.93. The molecule has 24 heavy (non-hydrogen) atoms. The molecule has 3 atom stereocenters. The average Bonchev–Trinajstić information content (AvgIpc) is 2.54. The molecule has 0 radical (unpaired) electrons. The van der Waals surface area contributed by atoms with E-state index >= 15 is 0 Å². The van der Waals surface area contributed by atoms with Crippen LogP contribution in [0.25, 0.3) is 0 Å². The average molecular weight is 379 g/mol. The molecule has 144 valence electrons. The van der Waals surface area contributed by atoms with Crippen molar-refractivity contribution in [2.45, 2.75) is 78.6 Å². The second-order valence-corrected chi connectivity index (χ2v) is 13.3. The predicted octanol–water partition coefficient (Wildman–Crippen LogP) is 4.98.